The molecule has 2 N–H and O–H groups in total. The van der Waals surface area contributed by atoms with Crippen LogP contribution in [0.3, 0.4) is 0 Å². The van der Waals surface area contributed by atoms with Gasteiger partial charge in [-0.1, -0.05) is 6.08 Å². The average Bonchev–Trinajstić information content (AvgIpc) is 1.63. The molecule has 0 spiro atoms. The summed E-state index contributed by atoms with van der Waals surface area (Å²) in [6.07, 6.45) is 2.76. The summed E-state index contributed by atoms with van der Waals surface area (Å²) in [6, 6.07) is 0.248. The Hall–Kier alpha value is -0.340. The van der Waals surface area contributed by atoms with Crippen LogP contribution in [0.1, 0.15) is 6.42 Å². The first-order chi connectivity index (χ1) is 4.16. The van der Waals surface area contributed by atoms with Gasteiger partial charge in [-0.05, 0) is 20.5 Å². The first-order valence-corrected chi connectivity index (χ1v) is 3.18. The molecule has 54 valence electrons. The number of nitrogens with two attached hydrogens (primary N) is 1. The van der Waals surface area contributed by atoms with Crippen LogP contribution in [0.25, 0.3) is 0 Å². The molecule has 0 aromatic rings. The third-order valence-electron chi connectivity index (χ3n) is 1.07. The van der Waals surface area contributed by atoms with Gasteiger partial charge < -0.3 is 10.6 Å². The van der Waals surface area contributed by atoms with Crippen molar-refractivity contribution in [3.63, 3.8) is 0 Å². The van der Waals surface area contributed by atoms with Gasteiger partial charge in [-0.15, -0.1) is 6.58 Å². The average molecular weight is 128 g/mol. The van der Waals surface area contributed by atoms with Crippen molar-refractivity contribution >= 4 is 0 Å². The molecule has 0 amide bonds. The second kappa shape index (κ2) is 4.53. The van der Waals surface area contributed by atoms with E-state index in [9.17, 15) is 0 Å². The Kier molecular flexibility index (Phi) is 4.36. The molecule has 9 heavy (non-hydrogen) atoms. The van der Waals surface area contributed by atoms with Crippen molar-refractivity contribution in [2.45, 2.75) is 12.5 Å². The molecular weight excluding hydrogens is 112 g/mol. The zero-order valence-electron chi connectivity index (χ0n) is 6.30. The molecular formula is C7H16N2. The number of likely N-dealkylation sites (N-methyl/N-ethyl adjacent to an activating group) is 1. The number of hydrogen-bond acceptors (Lipinski definition) is 2. The number of rotatable bonds is 4. The van der Waals surface area contributed by atoms with Gasteiger partial charge in [-0.2, -0.15) is 0 Å². The molecule has 0 fully saturated rings. The molecule has 0 heterocycles. The molecule has 0 rings (SSSR count). The predicted octanol–water partition coefficient (Wildman–Crippen LogP) is 0.451. The maximum absolute atomic E-state index is 5.67. The quantitative estimate of drug-likeness (QED) is 0.557. The second-order valence-corrected chi connectivity index (χ2v) is 2.55. The molecule has 0 aliphatic rings. The Bertz CT molecular complexity index is 79.0. The Morgan fingerprint density at radius 1 is 1.67 bits per heavy atom. The summed E-state index contributed by atoms with van der Waals surface area (Å²) in [5, 5.41) is 0. The maximum Gasteiger partial charge on any atom is 0.0202 e. The summed E-state index contributed by atoms with van der Waals surface area (Å²) in [5.41, 5.74) is 5.67. The standard InChI is InChI=1S/C7H16N2/c1-4-5-7(8)6-9(2)3/h4,7H,1,5-6,8H2,2-3H3. The highest BCUT2D eigenvalue weighted by Crippen LogP contribution is 1.89. The molecule has 0 saturated heterocycles. The van der Waals surface area contributed by atoms with Crippen LogP contribution < -0.4 is 5.73 Å². The number of hydrogen-bond donors (Lipinski definition) is 1. The van der Waals surface area contributed by atoms with E-state index in [0.29, 0.717) is 0 Å². The molecule has 0 radical (unpaired) electrons. The van der Waals surface area contributed by atoms with Gasteiger partial charge in [0.15, 0.2) is 0 Å². The van der Waals surface area contributed by atoms with Gasteiger partial charge in [0.05, 0.1) is 0 Å². The van der Waals surface area contributed by atoms with Gasteiger partial charge in [-0.25, -0.2) is 0 Å². The van der Waals surface area contributed by atoms with Crippen molar-refractivity contribution in [2.24, 2.45) is 5.73 Å². The molecule has 2 nitrogen and oxygen atoms in total. The topological polar surface area (TPSA) is 29.3 Å². The smallest absolute Gasteiger partial charge is 0.0202 e. The van der Waals surface area contributed by atoms with E-state index in [1.54, 1.807) is 0 Å². The van der Waals surface area contributed by atoms with Crippen LogP contribution in [-0.2, 0) is 0 Å². The summed E-state index contributed by atoms with van der Waals surface area (Å²) in [4.78, 5) is 2.08. The van der Waals surface area contributed by atoms with Gasteiger partial charge >= 0.3 is 0 Å². The molecule has 2 heteroatoms. The number of nitrogens with zero attached hydrogens (tertiary/aromatic N) is 1. The van der Waals surface area contributed by atoms with Crippen LogP contribution in [0, 0.1) is 0 Å². The molecule has 1 unspecified atom stereocenters. The van der Waals surface area contributed by atoms with Gasteiger partial charge in [-0.3, -0.25) is 0 Å². The van der Waals surface area contributed by atoms with Gasteiger partial charge in [0.2, 0.25) is 0 Å². The summed E-state index contributed by atoms with van der Waals surface area (Å²) in [7, 11) is 4.03. The minimum Gasteiger partial charge on any atom is -0.326 e. The molecule has 0 aliphatic carbocycles. The van der Waals surface area contributed by atoms with Crippen LogP contribution >= 0.6 is 0 Å². The van der Waals surface area contributed by atoms with Gasteiger partial charge in [0.25, 0.3) is 0 Å². The first kappa shape index (κ1) is 8.66. The Morgan fingerprint density at radius 2 is 2.22 bits per heavy atom. The zero-order chi connectivity index (χ0) is 7.28. The van der Waals surface area contributed by atoms with Crippen molar-refractivity contribution in [3.8, 4) is 0 Å². The van der Waals surface area contributed by atoms with E-state index in [2.05, 4.69) is 11.5 Å². The summed E-state index contributed by atoms with van der Waals surface area (Å²) < 4.78 is 0. The highest BCUT2D eigenvalue weighted by molar-refractivity contribution is 4.76. The Morgan fingerprint density at radius 3 is 2.56 bits per heavy atom. The minimum absolute atomic E-state index is 0.248. The van der Waals surface area contributed by atoms with Crippen LogP contribution in [-0.4, -0.2) is 31.6 Å². The van der Waals surface area contributed by atoms with E-state index in [0.717, 1.165) is 13.0 Å². The molecule has 0 aliphatic heterocycles. The molecule has 0 aromatic carbocycles. The fourth-order valence-electron chi connectivity index (χ4n) is 0.758. The Balaban J connectivity index is 3.25. The lowest BCUT2D eigenvalue weighted by Gasteiger charge is -2.14. The van der Waals surface area contributed by atoms with E-state index in [1.807, 2.05) is 20.2 Å². The lowest BCUT2D eigenvalue weighted by molar-refractivity contribution is 0.373. The zero-order valence-corrected chi connectivity index (χ0v) is 6.30. The molecule has 0 bridgehead atoms. The van der Waals surface area contributed by atoms with E-state index >= 15 is 0 Å². The van der Waals surface area contributed by atoms with Gasteiger partial charge in [0, 0.05) is 12.6 Å². The van der Waals surface area contributed by atoms with E-state index in [4.69, 9.17) is 5.73 Å². The molecule has 0 saturated carbocycles. The van der Waals surface area contributed by atoms with Crippen molar-refractivity contribution < 1.29 is 0 Å². The molecule has 0 aromatic heterocycles. The van der Waals surface area contributed by atoms with E-state index in [1.165, 1.54) is 0 Å². The fraction of sp³-hybridized carbons (Fsp3) is 0.714. The largest absolute Gasteiger partial charge is 0.326 e. The first-order valence-electron chi connectivity index (χ1n) is 3.18. The maximum atomic E-state index is 5.67. The lowest BCUT2D eigenvalue weighted by Crippen LogP contribution is -2.32. The highest BCUT2D eigenvalue weighted by atomic mass is 15.1. The molecule has 1 atom stereocenters. The summed E-state index contributed by atoms with van der Waals surface area (Å²) >= 11 is 0. The van der Waals surface area contributed by atoms with Gasteiger partial charge in [0.1, 0.15) is 0 Å². The highest BCUT2D eigenvalue weighted by Gasteiger charge is 1.99. The van der Waals surface area contributed by atoms with Crippen LogP contribution in [0.4, 0.5) is 0 Å². The second-order valence-electron chi connectivity index (χ2n) is 2.55. The van der Waals surface area contributed by atoms with Crippen LogP contribution in [0.15, 0.2) is 12.7 Å². The summed E-state index contributed by atoms with van der Waals surface area (Å²) in [6.45, 7) is 4.55. The van der Waals surface area contributed by atoms with E-state index in [-0.39, 0.29) is 6.04 Å². The van der Waals surface area contributed by atoms with Crippen molar-refractivity contribution in [2.75, 3.05) is 20.6 Å². The Labute approximate surface area is 57.3 Å². The van der Waals surface area contributed by atoms with Crippen molar-refractivity contribution in [3.05, 3.63) is 12.7 Å². The summed E-state index contributed by atoms with van der Waals surface area (Å²) in [5.74, 6) is 0. The normalized spacial score (nSPS) is 13.8. The third kappa shape index (κ3) is 5.53. The van der Waals surface area contributed by atoms with Crippen molar-refractivity contribution in [1.82, 2.24) is 4.90 Å². The fourth-order valence-corrected chi connectivity index (χ4v) is 0.758. The third-order valence-corrected chi connectivity index (χ3v) is 1.07. The predicted molar refractivity (Wildman–Crippen MR) is 41.3 cm³/mol. The minimum atomic E-state index is 0.248. The van der Waals surface area contributed by atoms with Crippen molar-refractivity contribution in [1.29, 1.82) is 0 Å². The van der Waals surface area contributed by atoms with Crippen LogP contribution in [0.5, 0.6) is 0 Å². The lowest BCUT2D eigenvalue weighted by atomic mass is 10.2. The SMILES string of the molecule is C=CCC(N)CN(C)C. The monoisotopic (exact) mass is 128 g/mol. The van der Waals surface area contributed by atoms with E-state index < -0.39 is 0 Å². The van der Waals surface area contributed by atoms with Crippen LogP contribution in [0.2, 0.25) is 0 Å².